The number of hydrogen-bond acceptors (Lipinski definition) is 4. The predicted octanol–water partition coefficient (Wildman–Crippen LogP) is 5.62. The van der Waals surface area contributed by atoms with Crippen LogP contribution in [0.2, 0.25) is 0 Å². The van der Waals surface area contributed by atoms with Crippen LogP contribution in [-0.2, 0) is 25.0 Å². The van der Waals surface area contributed by atoms with E-state index in [1.807, 2.05) is 60.3 Å². The number of amides is 1. The van der Waals surface area contributed by atoms with Crippen LogP contribution in [0.1, 0.15) is 34.9 Å². The number of benzene rings is 3. The molecule has 0 aliphatic carbocycles. The van der Waals surface area contributed by atoms with Gasteiger partial charge in [0.25, 0.3) is 0 Å². The van der Waals surface area contributed by atoms with Gasteiger partial charge in [-0.1, -0.05) is 24.3 Å². The van der Waals surface area contributed by atoms with Gasteiger partial charge < -0.3 is 23.9 Å². The van der Waals surface area contributed by atoms with Crippen LogP contribution in [-0.4, -0.2) is 27.1 Å². The molecule has 0 saturated carbocycles. The Morgan fingerprint density at radius 1 is 1.11 bits per heavy atom. The molecule has 192 valence electrons. The summed E-state index contributed by atoms with van der Waals surface area (Å²) >= 11 is 0. The van der Waals surface area contributed by atoms with Gasteiger partial charge in [-0.05, 0) is 53.1 Å². The van der Waals surface area contributed by atoms with Crippen LogP contribution in [0.15, 0.2) is 79.3 Å². The molecule has 0 spiro atoms. The van der Waals surface area contributed by atoms with Crippen molar-refractivity contribution in [2.45, 2.75) is 25.5 Å². The van der Waals surface area contributed by atoms with Gasteiger partial charge in [-0.2, -0.15) is 0 Å². The van der Waals surface area contributed by atoms with Gasteiger partial charge in [0.1, 0.15) is 18.2 Å². The van der Waals surface area contributed by atoms with E-state index < -0.39 is 0 Å². The highest BCUT2D eigenvalue weighted by Gasteiger charge is 2.28. The molecule has 0 radical (unpaired) electrons. The zero-order valence-electron chi connectivity index (χ0n) is 21.1. The molecule has 1 aliphatic heterocycles. The number of nitrogens with one attached hydrogen (secondary N) is 1. The third-order valence-electron chi connectivity index (χ3n) is 7.08. The molecule has 1 atom stereocenters. The molecule has 1 amide bonds. The van der Waals surface area contributed by atoms with E-state index in [4.69, 9.17) is 9.47 Å². The monoisotopic (exact) mass is 510 g/mol. The molecule has 5 aromatic rings. The van der Waals surface area contributed by atoms with E-state index in [-0.39, 0.29) is 24.1 Å². The van der Waals surface area contributed by atoms with Gasteiger partial charge in [-0.15, -0.1) is 0 Å². The number of aryl methyl sites for hydroxylation is 1. The highest BCUT2D eigenvalue weighted by Crippen LogP contribution is 2.43. The minimum absolute atomic E-state index is 0.0514. The standard InChI is InChI=1S/C30H27FN4O3/c1-34-12-11-32-28(34)18-38-26-10-9-20(14-27(26)37-2)22-15-29(36)33-24-7-4-8-25-30(24)23(22)17-35(25)16-19-5-3-6-21(31)13-19/h3-14,17,22H,15-16,18H2,1-2H3,(H,33,36). The van der Waals surface area contributed by atoms with Crippen molar-refractivity contribution in [3.63, 3.8) is 0 Å². The number of methoxy groups -OCH3 is 1. The van der Waals surface area contributed by atoms with E-state index >= 15 is 0 Å². The molecule has 0 saturated heterocycles. The lowest BCUT2D eigenvalue weighted by molar-refractivity contribution is -0.116. The van der Waals surface area contributed by atoms with E-state index in [2.05, 4.69) is 21.1 Å². The van der Waals surface area contributed by atoms with Crippen molar-refractivity contribution in [3.8, 4) is 11.5 Å². The molecule has 6 rings (SSSR count). The lowest BCUT2D eigenvalue weighted by atomic mass is 9.88. The molecular formula is C30H27FN4O3. The molecule has 8 heteroatoms. The van der Waals surface area contributed by atoms with Crippen LogP contribution >= 0.6 is 0 Å². The van der Waals surface area contributed by atoms with Gasteiger partial charge in [0.2, 0.25) is 5.91 Å². The quantitative estimate of drug-likeness (QED) is 0.308. The number of anilines is 1. The van der Waals surface area contributed by atoms with Crippen molar-refractivity contribution in [2.24, 2.45) is 7.05 Å². The Balaban J connectivity index is 1.39. The van der Waals surface area contributed by atoms with Crippen LogP contribution in [0.3, 0.4) is 0 Å². The predicted molar refractivity (Wildman–Crippen MR) is 143 cm³/mol. The van der Waals surface area contributed by atoms with E-state index in [1.54, 1.807) is 25.4 Å². The number of hydrogen-bond donors (Lipinski definition) is 1. The summed E-state index contributed by atoms with van der Waals surface area (Å²) in [6.07, 6.45) is 5.97. The second kappa shape index (κ2) is 9.70. The van der Waals surface area contributed by atoms with Gasteiger partial charge in [0.15, 0.2) is 11.5 Å². The fraction of sp³-hybridized carbons (Fsp3) is 0.200. The van der Waals surface area contributed by atoms with Crippen molar-refractivity contribution < 1.29 is 18.7 Å². The van der Waals surface area contributed by atoms with Crippen LogP contribution in [0.5, 0.6) is 11.5 Å². The second-order valence-corrected chi connectivity index (χ2v) is 9.50. The summed E-state index contributed by atoms with van der Waals surface area (Å²) in [5.74, 6) is 1.48. The molecule has 1 unspecified atom stereocenters. The summed E-state index contributed by atoms with van der Waals surface area (Å²) in [7, 11) is 3.53. The first-order valence-corrected chi connectivity index (χ1v) is 12.4. The lowest BCUT2D eigenvalue weighted by Crippen LogP contribution is -2.14. The van der Waals surface area contributed by atoms with Gasteiger partial charge in [-0.3, -0.25) is 4.79 Å². The first kappa shape index (κ1) is 23.8. The number of carbonyl (C=O) groups excluding carboxylic acids is 1. The van der Waals surface area contributed by atoms with E-state index in [0.29, 0.717) is 24.7 Å². The van der Waals surface area contributed by atoms with Crippen molar-refractivity contribution in [3.05, 3.63) is 108 Å². The number of imidazole rings is 1. The third-order valence-corrected chi connectivity index (χ3v) is 7.08. The first-order valence-electron chi connectivity index (χ1n) is 12.4. The normalized spacial score (nSPS) is 14.8. The molecule has 2 aromatic heterocycles. The Morgan fingerprint density at radius 3 is 2.76 bits per heavy atom. The molecule has 0 bridgehead atoms. The van der Waals surface area contributed by atoms with Gasteiger partial charge in [-0.25, -0.2) is 9.37 Å². The zero-order valence-corrected chi connectivity index (χ0v) is 21.1. The van der Waals surface area contributed by atoms with Gasteiger partial charge in [0, 0.05) is 49.9 Å². The SMILES string of the molecule is COc1cc(C2CC(=O)Nc3cccc4c3c2cn4Cc2cccc(F)c2)ccc1OCc1nccn1C. The summed E-state index contributed by atoms with van der Waals surface area (Å²) < 4.78 is 29.6. The van der Waals surface area contributed by atoms with Crippen molar-refractivity contribution in [1.82, 2.24) is 14.1 Å². The Morgan fingerprint density at radius 2 is 1.97 bits per heavy atom. The van der Waals surface area contributed by atoms with Crippen LogP contribution in [0, 0.1) is 5.82 Å². The van der Waals surface area contributed by atoms with E-state index in [9.17, 15) is 9.18 Å². The first-order chi connectivity index (χ1) is 18.5. The Hall–Kier alpha value is -4.59. The molecule has 1 N–H and O–H groups in total. The average Bonchev–Trinajstić information content (AvgIpc) is 3.45. The molecule has 0 fully saturated rings. The summed E-state index contributed by atoms with van der Waals surface area (Å²) in [5, 5.41) is 4.07. The fourth-order valence-electron chi connectivity index (χ4n) is 5.21. The molecule has 7 nitrogen and oxygen atoms in total. The number of halogens is 1. The maximum absolute atomic E-state index is 13.9. The molecule has 38 heavy (non-hydrogen) atoms. The molecule has 3 heterocycles. The highest BCUT2D eigenvalue weighted by molar-refractivity contribution is 6.06. The van der Waals surface area contributed by atoms with Crippen LogP contribution in [0.4, 0.5) is 10.1 Å². The number of ether oxygens (including phenoxy) is 2. The number of carbonyl (C=O) groups is 1. The van der Waals surface area contributed by atoms with Gasteiger partial charge in [0.05, 0.1) is 18.3 Å². The molecule has 3 aromatic carbocycles. The van der Waals surface area contributed by atoms with Gasteiger partial charge >= 0.3 is 0 Å². The topological polar surface area (TPSA) is 70.3 Å². The number of rotatable bonds is 7. The minimum Gasteiger partial charge on any atom is -0.493 e. The Kier molecular flexibility index (Phi) is 6.07. The summed E-state index contributed by atoms with van der Waals surface area (Å²) in [6, 6.07) is 18.3. The summed E-state index contributed by atoms with van der Waals surface area (Å²) in [4.78, 5) is 17.3. The summed E-state index contributed by atoms with van der Waals surface area (Å²) in [5.41, 5.74) is 4.62. The molecule has 1 aliphatic rings. The average molecular weight is 511 g/mol. The fourth-order valence-corrected chi connectivity index (χ4v) is 5.21. The van der Waals surface area contributed by atoms with Crippen molar-refractivity contribution in [2.75, 3.05) is 12.4 Å². The third kappa shape index (κ3) is 4.38. The minimum atomic E-state index is -0.261. The van der Waals surface area contributed by atoms with Crippen molar-refractivity contribution >= 4 is 22.5 Å². The van der Waals surface area contributed by atoms with Crippen molar-refractivity contribution in [1.29, 1.82) is 0 Å². The smallest absolute Gasteiger partial charge is 0.225 e. The largest absolute Gasteiger partial charge is 0.493 e. The van der Waals surface area contributed by atoms with Crippen LogP contribution in [0.25, 0.3) is 10.9 Å². The summed E-state index contributed by atoms with van der Waals surface area (Å²) in [6.45, 7) is 0.823. The van der Waals surface area contributed by atoms with E-state index in [1.165, 1.54) is 6.07 Å². The lowest BCUT2D eigenvalue weighted by Gasteiger charge is -2.17. The molecular weight excluding hydrogens is 483 g/mol. The Bertz CT molecular complexity index is 1650. The highest BCUT2D eigenvalue weighted by atomic mass is 19.1. The second-order valence-electron chi connectivity index (χ2n) is 9.50. The maximum atomic E-state index is 13.9. The maximum Gasteiger partial charge on any atom is 0.225 e. The number of nitrogens with zero attached hydrogens (tertiary/aromatic N) is 3. The van der Waals surface area contributed by atoms with E-state index in [0.717, 1.165) is 39.1 Å². The van der Waals surface area contributed by atoms with Crippen LogP contribution < -0.4 is 14.8 Å². The number of aromatic nitrogens is 3. The Labute approximate surface area is 219 Å². The zero-order chi connectivity index (χ0) is 26.2.